The lowest BCUT2D eigenvalue weighted by Crippen LogP contribution is -2.41. The summed E-state index contributed by atoms with van der Waals surface area (Å²) in [5, 5.41) is 11.8. The number of nitrogens with zero attached hydrogens (tertiary/aromatic N) is 1. The molecule has 0 aliphatic carbocycles. The van der Waals surface area contributed by atoms with Crippen LogP contribution in [0.5, 0.6) is 0 Å². The highest BCUT2D eigenvalue weighted by atomic mass is 16.5. The molecule has 1 atom stereocenters. The van der Waals surface area contributed by atoms with Gasteiger partial charge in [-0.1, -0.05) is 0 Å². The highest BCUT2D eigenvalue weighted by molar-refractivity contribution is 5.78. The fourth-order valence-electron chi connectivity index (χ4n) is 1.84. The Bertz CT molecular complexity index is 199. The second-order valence-electron chi connectivity index (χ2n) is 3.79. The first-order valence-corrected chi connectivity index (χ1v) is 5.38. The molecule has 0 spiro atoms. The largest absolute Gasteiger partial charge is 0.395 e. The number of carbonyl (C=O) groups excluding carboxylic acids is 1. The number of amides is 1. The number of carbonyl (C=O) groups is 1. The smallest absolute Gasteiger partial charge is 0.234 e. The van der Waals surface area contributed by atoms with E-state index in [2.05, 4.69) is 5.32 Å². The minimum Gasteiger partial charge on any atom is -0.395 e. The van der Waals surface area contributed by atoms with Gasteiger partial charge in [-0.3, -0.25) is 9.69 Å². The molecule has 1 rings (SSSR count). The summed E-state index contributed by atoms with van der Waals surface area (Å²) in [6.07, 6.45) is 2.05. The van der Waals surface area contributed by atoms with Crippen molar-refractivity contribution in [3.05, 3.63) is 0 Å². The Morgan fingerprint density at radius 1 is 1.67 bits per heavy atom. The minimum atomic E-state index is 0.00685. The van der Waals surface area contributed by atoms with E-state index in [1.54, 1.807) is 7.11 Å². The average molecular weight is 216 g/mol. The molecule has 0 aromatic rings. The van der Waals surface area contributed by atoms with Crippen molar-refractivity contribution in [2.24, 2.45) is 0 Å². The number of likely N-dealkylation sites (tertiary alicyclic amines) is 1. The molecule has 88 valence electrons. The summed E-state index contributed by atoms with van der Waals surface area (Å²) in [6, 6.07) is 0.165. The topological polar surface area (TPSA) is 61.8 Å². The number of rotatable bonds is 6. The van der Waals surface area contributed by atoms with Gasteiger partial charge in [0.15, 0.2) is 0 Å². The molecule has 1 aliphatic rings. The third-order valence-electron chi connectivity index (χ3n) is 2.68. The van der Waals surface area contributed by atoms with Crippen LogP contribution in [-0.4, -0.2) is 61.9 Å². The minimum absolute atomic E-state index is 0.00685. The molecule has 1 heterocycles. The Balaban J connectivity index is 2.19. The monoisotopic (exact) mass is 216 g/mol. The second-order valence-corrected chi connectivity index (χ2v) is 3.79. The number of ether oxygens (including phenoxy) is 1. The van der Waals surface area contributed by atoms with Gasteiger partial charge >= 0.3 is 0 Å². The van der Waals surface area contributed by atoms with Crippen LogP contribution in [0.2, 0.25) is 0 Å². The molecule has 1 unspecified atom stereocenters. The van der Waals surface area contributed by atoms with Crippen molar-refractivity contribution in [3.63, 3.8) is 0 Å². The van der Waals surface area contributed by atoms with E-state index < -0.39 is 0 Å². The highest BCUT2D eigenvalue weighted by Gasteiger charge is 2.24. The van der Waals surface area contributed by atoms with Crippen molar-refractivity contribution < 1.29 is 14.6 Å². The van der Waals surface area contributed by atoms with Gasteiger partial charge in [0.25, 0.3) is 0 Å². The lowest BCUT2D eigenvalue weighted by Gasteiger charge is -2.21. The number of nitrogens with one attached hydrogen (secondary N) is 1. The maximum Gasteiger partial charge on any atom is 0.234 e. The molecule has 1 amide bonds. The fraction of sp³-hybridized carbons (Fsp3) is 0.900. The Hall–Kier alpha value is -0.650. The zero-order valence-electron chi connectivity index (χ0n) is 9.24. The summed E-state index contributed by atoms with van der Waals surface area (Å²) in [7, 11) is 1.61. The van der Waals surface area contributed by atoms with Gasteiger partial charge < -0.3 is 15.2 Å². The normalized spacial score (nSPS) is 21.9. The van der Waals surface area contributed by atoms with Crippen LogP contribution in [-0.2, 0) is 9.53 Å². The van der Waals surface area contributed by atoms with E-state index in [0.29, 0.717) is 19.7 Å². The molecule has 1 fully saturated rings. The molecule has 5 heteroatoms. The zero-order chi connectivity index (χ0) is 11.1. The van der Waals surface area contributed by atoms with E-state index >= 15 is 0 Å². The van der Waals surface area contributed by atoms with Crippen LogP contribution in [0.25, 0.3) is 0 Å². The molecule has 0 bridgehead atoms. The first-order valence-electron chi connectivity index (χ1n) is 5.38. The van der Waals surface area contributed by atoms with Gasteiger partial charge in [-0.25, -0.2) is 0 Å². The maximum atomic E-state index is 11.4. The summed E-state index contributed by atoms with van der Waals surface area (Å²) in [5.41, 5.74) is 0. The van der Waals surface area contributed by atoms with Crippen molar-refractivity contribution in [1.29, 1.82) is 0 Å². The van der Waals surface area contributed by atoms with E-state index in [4.69, 9.17) is 9.84 Å². The Kier molecular flexibility index (Phi) is 5.60. The number of aliphatic hydroxyl groups is 1. The molecule has 1 saturated heterocycles. The van der Waals surface area contributed by atoms with Crippen LogP contribution in [0.3, 0.4) is 0 Å². The third-order valence-corrected chi connectivity index (χ3v) is 2.68. The molecule has 1 aliphatic heterocycles. The first-order chi connectivity index (χ1) is 7.27. The summed E-state index contributed by atoms with van der Waals surface area (Å²) in [4.78, 5) is 13.5. The summed E-state index contributed by atoms with van der Waals surface area (Å²) in [5.74, 6) is 0.00685. The standard InChI is InChI=1S/C10H20N2O3/c1-15-6-4-11-10(14)7-12-5-2-3-9(12)8-13/h9,13H,2-8H2,1H3,(H,11,14). The Morgan fingerprint density at radius 2 is 2.47 bits per heavy atom. The molecule has 5 nitrogen and oxygen atoms in total. The fourth-order valence-corrected chi connectivity index (χ4v) is 1.84. The van der Waals surface area contributed by atoms with E-state index in [9.17, 15) is 4.79 Å². The SMILES string of the molecule is COCCNC(=O)CN1CCCC1CO. The van der Waals surface area contributed by atoms with Crippen molar-refractivity contribution in [2.75, 3.05) is 40.0 Å². The molecule has 0 aromatic carbocycles. The predicted octanol–water partition coefficient (Wildman–Crippen LogP) is -0.794. The first kappa shape index (κ1) is 12.4. The van der Waals surface area contributed by atoms with Crippen LogP contribution in [0.1, 0.15) is 12.8 Å². The van der Waals surface area contributed by atoms with Crippen LogP contribution in [0.15, 0.2) is 0 Å². The number of aliphatic hydroxyl groups excluding tert-OH is 1. The molecular formula is C10H20N2O3. The number of hydrogen-bond acceptors (Lipinski definition) is 4. The zero-order valence-corrected chi connectivity index (χ0v) is 9.24. The van der Waals surface area contributed by atoms with Crippen molar-refractivity contribution >= 4 is 5.91 Å². The van der Waals surface area contributed by atoms with Gasteiger partial charge in [-0.2, -0.15) is 0 Å². The predicted molar refractivity (Wildman–Crippen MR) is 56.6 cm³/mol. The third kappa shape index (κ3) is 4.15. The Labute approximate surface area is 90.4 Å². The van der Waals surface area contributed by atoms with Gasteiger partial charge in [0.05, 0.1) is 19.8 Å². The Morgan fingerprint density at radius 3 is 3.13 bits per heavy atom. The van der Waals surface area contributed by atoms with Crippen molar-refractivity contribution in [3.8, 4) is 0 Å². The van der Waals surface area contributed by atoms with Crippen molar-refractivity contribution in [2.45, 2.75) is 18.9 Å². The van der Waals surface area contributed by atoms with Crippen LogP contribution < -0.4 is 5.32 Å². The lowest BCUT2D eigenvalue weighted by atomic mass is 10.2. The van der Waals surface area contributed by atoms with Crippen molar-refractivity contribution in [1.82, 2.24) is 10.2 Å². The molecule has 15 heavy (non-hydrogen) atoms. The quantitative estimate of drug-likeness (QED) is 0.571. The van der Waals surface area contributed by atoms with Gasteiger partial charge in [-0.15, -0.1) is 0 Å². The molecule has 0 saturated carbocycles. The van der Waals surface area contributed by atoms with Gasteiger partial charge in [0, 0.05) is 19.7 Å². The second kappa shape index (κ2) is 6.76. The van der Waals surface area contributed by atoms with Gasteiger partial charge in [0.2, 0.25) is 5.91 Å². The summed E-state index contributed by atoms with van der Waals surface area (Å²) < 4.78 is 4.84. The highest BCUT2D eigenvalue weighted by Crippen LogP contribution is 2.15. The molecule has 0 radical (unpaired) electrons. The molecular weight excluding hydrogens is 196 g/mol. The van der Waals surface area contributed by atoms with E-state index in [0.717, 1.165) is 19.4 Å². The van der Waals surface area contributed by atoms with E-state index in [1.165, 1.54) is 0 Å². The van der Waals surface area contributed by atoms with Crippen LogP contribution in [0, 0.1) is 0 Å². The summed E-state index contributed by atoms with van der Waals surface area (Å²) >= 11 is 0. The van der Waals surface area contributed by atoms with E-state index in [-0.39, 0.29) is 18.6 Å². The lowest BCUT2D eigenvalue weighted by molar-refractivity contribution is -0.122. The number of hydrogen-bond donors (Lipinski definition) is 2. The van der Waals surface area contributed by atoms with Gasteiger partial charge in [0.1, 0.15) is 0 Å². The maximum absolute atomic E-state index is 11.4. The molecule has 0 aromatic heterocycles. The van der Waals surface area contributed by atoms with Crippen LogP contribution in [0.4, 0.5) is 0 Å². The molecule has 2 N–H and O–H groups in total. The number of methoxy groups -OCH3 is 1. The summed E-state index contributed by atoms with van der Waals surface area (Å²) in [6.45, 7) is 2.52. The average Bonchev–Trinajstić information content (AvgIpc) is 2.65. The van der Waals surface area contributed by atoms with E-state index in [1.807, 2.05) is 4.90 Å². The van der Waals surface area contributed by atoms with Gasteiger partial charge in [-0.05, 0) is 19.4 Å². The van der Waals surface area contributed by atoms with Crippen LogP contribution >= 0.6 is 0 Å².